The molecule has 0 fully saturated rings. The smallest absolute Gasteiger partial charge is 0.224 e. The van der Waals surface area contributed by atoms with Crippen LogP contribution in [0.2, 0.25) is 5.02 Å². The zero-order valence-corrected chi connectivity index (χ0v) is 15.0. The number of carbonyl (C=O) groups is 2. The number of hydrogen-bond acceptors (Lipinski definition) is 2. The molecule has 2 aromatic rings. The zero-order chi connectivity index (χ0) is 17.8. The monoisotopic (exact) mass is 356 g/mol. The van der Waals surface area contributed by atoms with Crippen LogP contribution >= 0.6 is 11.6 Å². The molecule has 0 unspecified atom stereocenters. The van der Waals surface area contributed by atoms with Gasteiger partial charge in [0.05, 0.1) is 0 Å². The van der Waals surface area contributed by atoms with Gasteiger partial charge in [0.2, 0.25) is 11.8 Å². The third kappa shape index (κ3) is 4.20. The maximum absolute atomic E-state index is 12.6. The van der Waals surface area contributed by atoms with Crippen molar-refractivity contribution in [3.63, 3.8) is 0 Å². The average molecular weight is 357 g/mol. The molecular weight excluding hydrogens is 336 g/mol. The van der Waals surface area contributed by atoms with E-state index in [-0.39, 0.29) is 11.8 Å². The molecule has 1 aliphatic rings. The summed E-state index contributed by atoms with van der Waals surface area (Å²) in [6.45, 7) is 3.26. The maximum Gasteiger partial charge on any atom is 0.224 e. The average Bonchev–Trinajstić information content (AvgIpc) is 2.62. The summed E-state index contributed by atoms with van der Waals surface area (Å²) in [4.78, 5) is 28.0. The molecule has 1 aliphatic heterocycles. The number of rotatable bonds is 4. The Labute approximate surface area is 153 Å². The lowest BCUT2D eigenvalue weighted by Crippen LogP contribution is -2.39. The number of halogens is 1. The van der Waals surface area contributed by atoms with Crippen molar-refractivity contribution in [3.05, 3.63) is 64.7 Å². The molecule has 5 heteroatoms. The largest absolute Gasteiger partial charge is 0.338 e. The van der Waals surface area contributed by atoms with Crippen molar-refractivity contribution in [2.45, 2.75) is 26.3 Å². The minimum atomic E-state index is -0.0842. The number of amides is 2. The molecule has 0 aliphatic carbocycles. The van der Waals surface area contributed by atoms with E-state index in [4.69, 9.17) is 11.6 Å². The molecule has 0 bridgehead atoms. The molecule has 0 N–H and O–H groups in total. The number of hydrogen-bond donors (Lipinski definition) is 0. The van der Waals surface area contributed by atoms with Gasteiger partial charge in [-0.15, -0.1) is 0 Å². The first kappa shape index (κ1) is 17.5. The van der Waals surface area contributed by atoms with Crippen LogP contribution < -0.4 is 4.90 Å². The third-order valence-electron chi connectivity index (χ3n) is 4.55. The quantitative estimate of drug-likeness (QED) is 0.838. The molecule has 0 saturated heterocycles. The highest BCUT2D eigenvalue weighted by Gasteiger charge is 2.21. The van der Waals surface area contributed by atoms with Gasteiger partial charge in [-0.3, -0.25) is 9.59 Å². The second-order valence-corrected chi connectivity index (χ2v) is 6.67. The molecule has 0 spiro atoms. The van der Waals surface area contributed by atoms with Gasteiger partial charge in [-0.1, -0.05) is 35.9 Å². The van der Waals surface area contributed by atoms with Crippen LogP contribution in [0.1, 0.15) is 24.5 Å². The van der Waals surface area contributed by atoms with E-state index in [1.54, 1.807) is 29.2 Å². The van der Waals surface area contributed by atoms with Gasteiger partial charge < -0.3 is 9.80 Å². The fraction of sp³-hybridized carbons (Fsp3) is 0.300. The minimum absolute atomic E-state index is 0.0784. The lowest BCUT2D eigenvalue weighted by Gasteiger charge is -2.30. The van der Waals surface area contributed by atoms with Crippen molar-refractivity contribution in [2.24, 2.45) is 0 Å². The van der Waals surface area contributed by atoms with Gasteiger partial charge in [-0.2, -0.15) is 0 Å². The highest BCUT2D eigenvalue weighted by Crippen LogP contribution is 2.21. The van der Waals surface area contributed by atoms with Crippen molar-refractivity contribution in [1.29, 1.82) is 0 Å². The van der Waals surface area contributed by atoms with E-state index >= 15 is 0 Å². The summed E-state index contributed by atoms with van der Waals surface area (Å²) >= 11 is 5.90. The fourth-order valence-electron chi connectivity index (χ4n) is 3.16. The Morgan fingerprint density at radius 3 is 2.44 bits per heavy atom. The van der Waals surface area contributed by atoms with Crippen LogP contribution in [0.5, 0.6) is 0 Å². The van der Waals surface area contributed by atoms with Crippen LogP contribution in [-0.2, 0) is 22.6 Å². The summed E-state index contributed by atoms with van der Waals surface area (Å²) in [6.07, 6.45) is 1.19. The number of benzene rings is 2. The van der Waals surface area contributed by atoms with E-state index in [1.807, 2.05) is 17.0 Å². The van der Waals surface area contributed by atoms with Crippen LogP contribution in [0.15, 0.2) is 48.5 Å². The Morgan fingerprint density at radius 2 is 1.76 bits per heavy atom. The number of fused-ring (bicyclic) bond motifs is 1. The van der Waals surface area contributed by atoms with Crippen LogP contribution in [0.4, 0.5) is 5.69 Å². The van der Waals surface area contributed by atoms with Crippen molar-refractivity contribution in [2.75, 3.05) is 18.0 Å². The second-order valence-electron chi connectivity index (χ2n) is 6.23. The minimum Gasteiger partial charge on any atom is -0.338 e. The predicted octanol–water partition coefficient (Wildman–Crippen LogP) is 3.67. The summed E-state index contributed by atoms with van der Waals surface area (Å²) in [7, 11) is 0. The molecule has 0 atom stereocenters. The summed E-state index contributed by atoms with van der Waals surface area (Å²) in [5.74, 6) is -0.00571. The van der Waals surface area contributed by atoms with Gasteiger partial charge >= 0.3 is 0 Å². The van der Waals surface area contributed by atoms with E-state index in [9.17, 15) is 9.59 Å². The molecule has 130 valence electrons. The number of anilines is 1. The molecule has 4 nitrogen and oxygen atoms in total. The first-order valence-corrected chi connectivity index (χ1v) is 8.80. The molecule has 3 rings (SSSR count). The van der Waals surface area contributed by atoms with E-state index in [0.29, 0.717) is 24.5 Å². The lowest BCUT2D eigenvalue weighted by atomic mass is 10.00. The van der Waals surface area contributed by atoms with Gasteiger partial charge in [-0.05, 0) is 41.8 Å². The van der Waals surface area contributed by atoms with Gasteiger partial charge in [-0.25, -0.2) is 0 Å². The van der Waals surface area contributed by atoms with E-state index < -0.39 is 0 Å². The molecule has 1 heterocycles. The normalized spacial score (nSPS) is 13.3. The van der Waals surface area contributed by atoms with Crippen LogP contribution in [0, 0.1) is 0 Å². The van der Waals surface area contributed by atoms with Crippen LogP contribution in [0.3, 0.4) is 0 Å². The summed E-state index contributed by atoms with van der Waals surface area (Å²) in [5.41, 5.74) is 3.29. The molecule has 2 aromatic carbocycles. The maximum atomic E-state index is 12.6. The van der Waals surface area contributed by atoms with Crippen molar-refractivity contribution in [1.82, 2.24) is 4.90 Å². The highest BCUT2D eigenvalue weighted by molar-refractivity contribution is 6.30. The zero-order valence-electron chi connectivity index (χ0n) is 14.2. The summed E-state index contributed by atoms with van der Waals surface area (Å²) < 4.78 is 0. The van der Waals surface area contributed by atoms with E-state index in [0.717, 1.165) is 18.7 Å². The number of carbonyl (C=O) groups excluding carboxylic acids is 2. The molecule has 0 aromatic heterocycles. The topological polar surface area (TPSA) is 40.6 Å². The Kier molecular flexibility index (Phi) is 5.39. The molecular formula is C20H21ClN2O2. The Bertz CT molecular complexity index is 774. The van der Waals surface area contributed by atoms with E-state index in [1.165, 1.54) is 18.1 Å². The van der Waals surface area contributed by atoms with Crippen molar-refractivity contribution < 1.29 is 9.59 Å². The Balaban J connectivity index is 1.62. The lowest BCUT2D eigenvalue weighted by molar-refractivity contribution is -0.131. The highest BCUT2D eigenvalue weighted by atomic mass is 35.5. The first-order valence-electron chi connectivity index (χ1n) is 8.43. The fourth-order valence-corrected chi connectivity index (χ4v) is 3.29. The standard InChI is InChI=1S/C20H21ClN2O2/c1-15(24)23(19-8-6-18(21)7-9-19)13-11-20(25)22-12-10-16-4-2-3-5-17(16)14-22/h2-9H,10-14H2,1H3. The van der Waals surface area contributed by atoms with Crippen LogP contribution in [-0.4, -0.2) is 29.8 Å². The summed E-state index contributed by atoms with van der Waals surface area (Å²) in [5, 5.41) is 0.621. The summed E-state index contributed by atoms with van der Waals surface area (Å²) in [6, 6.07) is 15.3. The molecule has 0 radical (unpaired) electrons. The molecule has 0 saturated carbocycles. The van der Waals surface area contributed by atoms with Gasteiger partial charge in [0, 0.05) is 43.7 Å². The van der Waals surface area contributed by atoms with Crippen LogP contribution in [0.25, 0.3) is 0 Å². The van der Waals surface area contributed by atoms with Gasteiger partial charge in [0.25, 0.3) is 0 Å². The predicted molar refractivity (Wildman–Crippen MR) is 99.7 cm³/mol. The third-order valence-corrected chi connectivity index (χ3v) is 4.80. The van der Waals surface area contributed by atoms with E-state index in [2.05, 4.69) is 12.1 Å². The van der Waals surface area contributed by atoms with Crippen molar-refractivity contribution >= 4 is 29.1 Å². The Morgan fingerprint density at radius 1 is 1.08 bits per heavy atom. The Hall–Kier alpha value is -2.33. The van der Waals surface area contributed by atoms with Gasteiger partial charge in [0.15, 0.2) is 0 Å². The first-order chi connectivity index (χ1) is 12.0. The molecule has 2 amide bonds. The van der Waals surface area contributed by atoms with Gasteiger partial charge in [0.1, 0.15) is 0 Å². The second kappa shape index (κ2) is 7.70. The number of nitrogens with zero attached hydrogens (tertiary/aromatic N) is 2. The van der Waals surface area contributed by atoms with Crippen molar-refractivity contribution in [3.8, 4) is 0 Å². The SMILES string of the molecule is CC(=O)N(CCC(=O)N1CCc2ccccc2C1)c1ccc(Cl)cc1. The molecule has 25 heavy (non-hydrogen) atoms.